The summed E-state index contributed by atoms with van der Waals surface area (Å²) in [5.41, 5.74) is 0. The highest BCUT2D eigenvalue weighted by Gasteiger charge is 2.18. The van der Waals surface area contributed by atoms with E-state index in [2.05, 4.69) is 11.9 Å². The fourth-order valence-corrected chi connectivity index (χ4v) is 2.40. The lowest BCUT2D eigenvalue weighted by molar-refractivity contribution is -0.137. The minimum absolute atomic E-state index is 0.105. The Hall–Kier alpha value is -0.690. The van der Waals surface area contributed by atoms with E-state index in [0.29, 0.717) is 13.2 Å². The Kier molecular flexibility index (Phi) is 17.6. The molecule has 0 aromatic carbocycles. The van der Waals surface area contributed by atoms with Gasteiger partial charge in [-0.05, 0) is 39.7 Å². The summed E-state index contributed by atoms with van der Waals surface area (Å²) in [5, 5.41) is 0. The highest BCUT2D eigenvalue weighted by atomic mass is 16.5. The van der Waals surface area contributed by atoms with Gasteiger partial charge in [0.15, 0.2) is 0 Å². The van der Waals surface area contributed by atoms with Crippen molar-refractivity contribution in [2.24, 2.45) is 0 Å². The van der Waals surface area contributed by atoms with Crippen molar-refractivity contribution in [2.45, 2.75) is 46.5 Å². The van der Waals surface area contributed by atoms with Gasteiger partial charge < -0.3 is 24.0 Å². The van der Waals surface area contributed by atoms with Gasteiger partial charge in [0.25, 0.3) is 0 Å². The first-order valence-corrected chi connectivity index (χ1v) is 9.93. The second-order valence-corrected chi connectivity index (χ2v) is 5.96. The van der Waals surface area contributed by atoms with E-state index in [9.17, 15) is 4.79 Å². The van der Waals surface area contributed by atoms with E-state index in [1.807, 2.05) is 25.7 Å². The second-order valence-electron chi connectivity index (χ2n) is 5.96. The molecule has 0 atom stereocenters. The number of nitrogens with zero attached hydrogens (tertiary/aromatic N) is 2. The van der Waals surface area contributed by atoms with E-state index in [4.69, 9.17) is 14.2 Å². The van der Waals surface area contributed by atoms with Gasteiger partial charge in [0.1, 0.15) is 6.61 Å². The monoisotopic (exact) mass is 360 g/mol. The first-order chi connectivity index (χ1) is 12.2. The summed E-state index contributed by atoms with van der Waals surface area (Å²) in [6.07, 6.45) is 4.18. The van der Waals surface area contributed by atoms with Crippen LogP contribution in [0.4, 0.5) is 0 Å². The summed E-state index contributed by atoms with van der Waals surface area (Å²) in [7, 11) is 2.08. The Bertz CT molecular complexity index is 295. The Morgan fingerprint density at radius 3 is 2.00 bits per heavy atom. The molecule has 1 fully saturated rings. The number of amides is 1. The first kappa shape index (κ1) is 24.3. The Morgan fingerprint density at radius 2 is 1.36 bits per heavy atom. The van der Waals surface area contributed by atoms with E-state index in [-0.39, 0.29) is 12.5 Å². The Balaban J connectivity index is 0.00000277. The molecule has 0 saturated carbocycles. The van der Waals surface area contributed by atoms with Gasteiger partial charge in [-0.3, -0.25) is 4.79 Å². The molecular formula is C19H40N2O4. The third kappa shape index (κ3) is 14.2. The fourth-order valence-electron chi connectivity index (χ4n) is 2.40. The molecule has 0 radical (unpaired) electrons. The number of ether oxygens (including phenoxy) is 3. The van der Waals surface area contributed by atoms with Crippen LogP contribution in [0.3, 0.4) is 0 Å². The minimum Gasteiger partial charge on any atom is -0.382 e. The molecule has 1 rings (SSSR count). The van der Waals surface area contributed by atoms with Gasteiger partial charge in [0.05, 0.1) is 0 Å². The molecular weight excluding hydrogens is 320 g/mol. The number of carbonyl (C=O) groups excluding carboxylic acids is 1. The van der Waals surface area contributed by atoms with Crippen LogP contribution in [0.25, 0.3) is 0 Å². The van der Waals surface area contributed by atoms with E-state index in [1.165, 1.54) is 0 Å². The molecule has 0 aromatic rings. The molecule has 1 amide bonds. The zero-order chi connectivity index (χ0) is 18.8. The SMILES string of the molecule is CC.CCOCCCCCOCCCOCC(=O)N1CCN(C)CC1. The predicted octanol–water partition coefficient (Wildman–Crippen LogP) is 2.42. The number of hydrogen-bond acceptors (Lipinski definition) is 5. The first-order valence-electron chi connectivity index (χ1n) is 9.93. The minimum atomic E-state index is 0.105. The lowest BCUT2D eigenvalue weighted by Crippen LogP contribution is -2.48. The molecule has 0 bridgehead atoms. The molecule has 0 unspecified atom stereocenters. The topological polar surface area (TPSA) is 51.2 Å². The standard InChI is InChI=1S/C17H34N2O4.C2H6/c1-3-21-12-5-4-6-13-22-14-7-15-23-16-17(20)19-10-8-18(2)9-11-19;1-2/h3-16H2,1-2H3;1-2H3. The number of unbranched alkanes of at least 4 members (excludes halogenated alkanes) is 2. The van der Waals surface area contributed by atoms with E-state index >= 15 is 0 Å². The van der Waals surface area contributed by atoms with Crippen LogP contribution in [0.5, 0.6) is 0 Å². The third-order valence-electron chi connectivity index (χ3n) is 3.94. The molecule has 1 saturated heterocycles. The summed E-state index contributed by atoms with van der Waals surface area (Å²) < 4.78 is 16.3. The maximum absolute atomic E-state index is 11.9. The second kappa shape index (κ2) is 18.1. The zero-order valence-electron chi connectivity index (χ0n) is 16.9. The van der Waals surface area contributed by atoms with Gasteiger partial charge in [-0.2, -0.15) is 0 Å². The summed E-state index contributed by atoms with van der Waals surface area (Å²) in [6.45, 7) is 13.5. The number of carbonyl (C=O) groups is 1. The van der Waals surface area contributed by atoms with Crippen molar-refractivity contribution in [1.82, 2.24) is 9.80 Å². The normalized spacial score (nSPS) is 15.0. The molecule has 25 heavy (non-hydrogen) atoms. The number of piperazine rings is 1. The number of rotatable bonds is 13. The molecule has 6 heteroatoms. The molecule has 0 N–H and O–H groups in total. The van der Waals surface area contributed by atoms with Crippen LogP contribution in [-0.2, 0) is 19.0 Å². The maximum atomic E-state index is 11.9. The van der Waals surface area contributed by atoms with Crippen LogP contribution in [0.2, 0.25) is 0 Å². The molecule has 150 valence electrons. The molecule has 1 aliphatic heterocycles. The van der Waals surface area contributed by atoms with Gasteiger partial charge in [-0.15, -0.1) is 0 Å². The van der Waals surface area contributed by atoms with Gasteiger partial charge in [-0.25, -0.2) is 0 Å². The average molecular weight is 361 g/mol. The summed E-state index contributed by atoms with van der Waals surface area (Å²) in [5.74, 6) is 0.105. The van der Waals surface area contributed by atoms with Gasteiger partial charge in [-0.1, -0.05) is 13.8 Å². The molecule has 1 aliphatic rings. The van der Waals surface area contributed by atoms with E-state index in [0.717, 1.165) is 71.7 Å². The Morgan fingerprint density at radius 1 is 0.800 bits per heavy atom. The molecule has 6 nitrogen and oxygen atoms in total. The average Bonchev–Trinajstić information content (AvgIpc) is 2.64. The van der Waals surface area contributed by atoms with Crippen molar-refractivity contribution in [3.8, 4) is 0 Å². The quantitative estimate of drug-likeness (QED) is 0.472. The van der Waals surface area contributed by atoms with Crippen molar-refractivity contribution in [1.29, 1.82) is 0 Å². The molecule has 0 spiro atoms. The van der Waals surface area contributed by atoms with Crippen molar-refractivity contribution in [2.75, 3.05) is 72.9 Å². The fraction of sp³-hybridized carbons (Fsp3) is 0.947. The van der Waals surface area contributed by atoms with Crippen molar-refractivity contribution >= 4 is 5.91 Å². The lowest BCUT2D eigenvalue weighted by atomic mass is 10.2. The number of hydrogen-bond donors (Lipinski definition) is 0. The van der Waals surface area contributed by atoms with Crippen LogP contribution in [0, 0.1) is 0 Å². The lowest BCUT2D eigenvalue weighted by Gasteiger charge is -2.32. The largest absolute Gasteiger partial charge is 0.382 e. The predicted molar refractivity (Wildman–Crippen MR) is 102 cm³/mol. The Labute approximate surface area is 154 Å². The van der Waals surface area contributed by atoms with Crippen molar-refractivity contribution in [3.05, 3.63) is 0 Å². The van der Waals surface area contributed by atoms with E-state index < -0.39 is 0 Å². The van der Waals surface area contributed by atoms with Crippen LogP contribution in [0.1, 0.15) is 46.5 Å². The van der Waals surface area contributed by atoms with Crippen LogP contribution < -0.4 is 0 Å². The molecule has 0 aliphatic carbocycles. The van der Waals surface area contributed by atoms with Crippen LogP contribution in [0.15, 0.2) is 0 Å². The summed E-state index contributed by atoms with van der Waals surface area (Å²) in [4.78, 5) is 16.1. The van der Waals surface area contributed by atoms with Crippen LogP contribution in [-0.4, -0.2) is 88.6 Å². The van der Waals surface area contributed by atoms with E-state index in [1.54, 1.807) is 0 Å². The highest BCUT2D eigenvalue weighted by Crippen LogP contribution is 2.00. The third-order valence-corrected chi connectivity index (χ3v) is 3.94. The van der Waals surface area contributed by atoms with Crippen molar-refractivity contribution in [3.63, 3.8) is 0 Å². The van der Waals surface area contributed by atoms with Gasteiger partial charge >= 0.3 is 0 Å². The smallest absolute Gasteiger partial charge is 0.248 e. The zero-order valence-corrected chi connectivity index (χ0v) is 16.9. The molecule has 0 aromatic heterocycles. The van der Waals surface area contributed by atoms with Gasteiger partial charge in [0, 0.05) is 59.2 Å². The highest BCUT2D eigenvalue weighted by molar-refractivity contribution is 5.77. The number of likely N-dealkylation sites (N-methyl/N-ethyl adjacent to an activating group) is 1. The van der Waals surface area contributed by atoms with Crippen molar-refractivity contribution < 1.29 is 19.0 Å². The summed E-state index contributed by atoms with van der Waals surface area (Å²) >= 11 is 0. The molecule has 1 heterocycles. The summed E-state index contributed by atoms with van der Waals surface area (Å²) in [6, 6.07) is 0. The maximum Gasteiger partial charge on any atom is 0.248 e. The van der Waals surface area contributed by atoms with Crippen LogP contribution >= 0.6 is 0 Å². The van der Waals surface area contributed by atoms with Gasteiger partial charge in [0.2, 0.25) is 5.91 Å².